The molecular weight excluding hydrogens is 391 g/mol. The highest BCUT2D eigenvalue weighted by molar-refractivity contribution is 5.86. The molecule has 0 saturated heterocycles. The molecule has 3 heterocycles. The van der Waals surface area contributed by atoms with E-state index in [0.29, 0.717) is 29.3 Å². The van der Waals surface area contributed by atoms with Crippen molar-refractivity contribution in [3.8, 4) is 11.1 Å². The number of hydrogen-bond acceptors (Lipinski definition) is 3. The highest BCUT2D eigenvalue weighted by Gasteiger charge is 2.29. The zero-order valence-electron chi connectivity index (χ0n) is 18.2. The van der Waals surface area contributed by atoms with Crippen LogP contribution in [0, 0.1) is 17.7 Å². The summed E-state index contributed by atoms with van der Waals surface area (Å²) < 4.78 is 17.1. The lowest BCUT2D eigenvalue weighted by Crippen LogP contribution is -2.33. The maximum atomic E-state index is 13.4. The van der Waals surface area contributed by atoms with Crippen LogP contribution in [-0.4, -0.2) is 19.2 Å². The number of halogens is 1. The quantitative estimate of drug-likeness (QED) is 0.447. The van der Waals surface area contributed by atoms with Crippen molar-refractivity contribution >= 4 is 16.6 Å². The maximum absolute atomic E-state index is 13.4. The molecule has 1 aliphatic carbocycles. The van der Waals surface area contributed by atoms with E-state index in [2.05, 4.69) is 18.8 Å². The Morgan fingerprint density at radius 2 is 1.90 bits per heavy atom. The molecule has 0 N–H and O–H groups in total. The predicted octanol–water partition coefficient (Wildman–Crippen LogP) is 5.41. The highest BCUT2D eigenvalue weighted by Crippen LogP contribution is 2.37. The van der Waals surface area contributed by atoms with E-state index in [-0.39, 0.29) is 17.4 Å². The van der Waals surface area contributed by atoms with Crippen molar-refractivity contribution in [2.24, 2.45) is 11.8 Å². The fourth-order valence-electron chi connectivity index (χ4n) is 5.10. The van der Waals surface area contributed by atoms with Gasteiger partial charge in [0.15, 0.2) is 5.65 Å². The van der Waals surface area contributed by atoms with Gasteiger partial charge in [-0.25, -0.2) is 13.9 Å². The third-order valence-corrected chi connectivity index (χ3v) is 7.10. The van der Waals surface area contributed by atoms with E-state index in [0.717, 1.165) is 35.2 Å². The second-order valence-corrected chi connectivity index (χ2v) is 8.84. The molecule has 1 fully saturated rings. The van der Waals surface area contributed by atoms with Gasteiger partial charge in [-0.15, -0.1) is 0 Å². The van der Waals surface area contributed by atoms with Gasteiger partial charge < -0.3 is 4.57 Å². The molecule has 0 radical (unpaired) electrons. The van der Waals surface area contributed by atoms with E-state index in [1.54, 1.807) is 22.8 Å². The van der Waals surface area contributed by atoms with Gasteiger partial charge in [-0.05, 0) is 48.4 Å². The van der Waals surface area contributed by atoms with Gasteiger partial charge in [-0.3, -0.25) is 4.79 Å². The molecule has 160 valence electrons. The van der Waals surface area contributed by atoms with Gasteiger partial charge in [0.05, 0.1) is 16.6 Å². The Kier molecular flexibility index (Phi) is 4.88. The van der Waals surface area contributed by atoms with E-state index in [1.165, 1.54) is 18.6 Å². The molecule has 0 unspecified atom stereocenters. The zero-order chi connectivity index (χ0) is 21.7. The van der Waals surface area contributed by atoms with Gasteiger partial charge >= 0.3 is 0 Å². The van der Waals surface area contributed by atoms with Crippen LogP contribution in [0.2, 0.25) is 0 Å². The summed E-state index contributed by atoms with van der Waals surface area (Å²) in [6.07, 6.45) is 7.72. The molecule has 6 heteroatoms. The van der Waals surface area contributed by atoms with Crippen molar-refractivity contribution in [2.45, 2.75) is 52.5 Å². The average Bonchev–Trinajstić information content (AvgIpc) is 3.16. The standard InChI is InChI=1S/C25H27FN4O/c1-4-20-23(17-8-10-18(26)11-9-17)24-27-14-19-22(30(24)28-20)12-13-29(25(19)31)21-7-5-6-15(2)16(21)3/h8-16,21H,4-7H2,1-3H3/t15-,16+,21+/m0/s1. The van der Waals surface area contributed by atoms with Crippen LogP contribution in [-0.2, 0) is 6.42 Å². The van der Waals surface area contributed by atoms with Gasteiger partial charge in [0.1, 0.15) is 5.82 Å². The van der Waals surface area contributed by atoms with Gasteiger partial charge in [-0.1, -0.05) is 45.7 Å². The average molecular weight is 419 g/mol. The van der Waals surface area contributed by atoms with Crippen LogP contribution in [0.5, 0.6) is 0 Å². The first-order valence-corrected chi connectivity index (χ1v) is 11.2. The van der Waals surface area contributed by atoms with E-state index in [9.17, 15) is 9.18 Å². The van der Waals surface area contributed by atoms with Gasteiger partial charge in [0, 0.05) is 24.0 Å². The number of benzene rings is 1. The minimum Gasteiger partial charge on any atom is -0.311 e. The first-order valence-electron chi connectivity index (χ1n) is 11.2. The van der Waals surface area contributed by atoms with Crippen LogP contribution >= 0.6 is 0 Å². The van der Waals surface area contributed by atoms with Gasteiger partial charge in [0.2, 0.25) is 0 Å². The summed E-state index contributed by atoms with van der Waals surface area (Å²) in [5, 5.41) is 5.36. The van der Waals surface area contributed by atoms with Crippen molar-refractivity contribution in [2.75, 3.05) is 0 Å². The summed E-state index contributed by atoms with van der Waals surface area (Å²) >= 11 is 0. The topological polar surface area (TPSA) is 52.2 Å². The predicted molar refractivity (Wildman–Crippen MR) is 121 cm³/mol. The number of aromatic nitrogens is 4. The second kappa shape index (κ2) is 7.59. The molecule has 0 bridgehead atoms. The van der Waals surface area contributed by atoms with Crippen molar-refractivity contribution in [3.63, 3.8) is 0 Å². The van der Waals surface area contributed by atoms with E-state index in [1.807, 2.05) is 23.8 Å². The third kappa shape index (κ3) is 3.16. The van der Waals surface area contributed by atoms with E-state index in [4.69, 9.17) is 5.10 Å². The normalized spacial score (nSPS) is 21.7. The molecule has 5 rings (SSSR count). The number of fused-ring (bicyclic) bond motifs is 3. The molecule has 4 aromatic rings. The first kappa shape index (κ1) is 19.9. The number of aryl methyl sites for hydroxylation is 1. The SMILES string of the molecule is CCc1nn2c(ncc3c(=O)n([C@@H]4CCC[C@H](C)[C@H]4C)ccc32)c1-c1ccc(F)cc1. The zero-order valence-corrected chi connectivity index (χ0v) is 18.2. The Labute approximate surface area is 180 Å². The third-order valence-electron chi connectivity index (χ3n) is 7.10. The van der Waals surface area contributed by atoms with Gasteiger partial charge in [-0.2, -0.15) is 5.10 Å². The van der Waals surface area contributed by atoms with Crippen molar-refractivity contribution in [3.05, 3.63) is 64.6 Å². The lowest BCUT2D eigenvalue weighted by atomic mass is 9.78. The maximum Gasteiger partial charge on any atom is 0.261 e. The van der Waals surface area contributed by atoms with Crippen LogP contribution in [0.25, 0.3) is 27.7 Å². The minimum absolute atomic E-state index is 0.00488. The largest absolute Gasteiger partial charge is 0.311 e. The number of pyridine rings is 1. The molecule has 5 nitrogen and oxygen atoms in total. The lowest BCUT2D eigenvalue weighted by Gasteiger charge is -2.35. The van der Waals surface area contributed by atoms with Crippen molar-refractivity contribution in [1.82, 2.24) is 19.2 Å². The van der Waals surface area contributed by atoms with Crippen LogP contribution < -0.4 is 5.56 Å². The molecule has 31 heavy (non-hydrogen) atoms. The van der Waals surface area contributed by atoms with Crippen molar-refractivity contribution < 1.29 is 4.39 Å². The number of hydrogen-bond donors (Lipinski definition) is 0. The molecular formula is C25H27FN4O. The molecule has 3 atom stereocenters. The van der Waals surface area contributed by atoms with Crippen LogP contribution in [0.1, 0.15) is 51.8 Å². The Hall–Kier alpha value is -3.02. The summed E-state index contributed by atoms with van der Waals surface area (Å²) in [6.45, 7) is 6.57. The molecule has 3 aromatic heterocycles. The summed E-state index contributed by atoms with van der Waals surface area (Å²) in [6, 6.07) is 8.60. The smallest absolute Gasteiger partial charge is 0.261 e. The summed E-state index contributed by atoms with van der Waals surface area (Å²) in [4.78, 5) is 18.1. The second-order valence-electron chi connectivity index (χ2n) is 8.84. The summed E-state index contributed by atoms with van der Waals surface area (Å²) in [5.41, 5.74) is 4.08. The minimum atomic E-state index is -0.275. The van der Waals surface area contributed by atoms with Gasteiger partial charge in [0.25, 0.3) is 5.56 Å². The summed E-state index contributed by atoms with van der Waals surface area (Å²) in [7, 11) is 0. The summed E-state index contributed by atoms with van der Waals surface area (Å²) in [5.74, 6) is 0.795. The van der Waals surface area contributed by atoms with E-state index >= 15 is 0 Å². The fourth-order valence-corrected chi connectivity index (χ4v) is 5.10. The Balaban J connectivity index is 1.70. The van der Waals surface area contributed by atoms with E-state index < -0.39 is 0 Å². The fraction of sp³-hybridized carbons (Fsp3) is 0.400. The molecule has 1 saturated carbocycles. The Morgan fingerprint density at radius 1 is 1.13 bits per heavy atom. The van der Waals surface area contributed by atoms with Crippen molar-refractivity contribution in [1.29, 1.82) is 0 Å². The molecule has 1 aromatic carbocycles. The first-order chi connectivity index (χ1) is 15.0. The molecule has 0 amide bonds. The van der Waals surface area contributed by atoms with Crippen LogP contribution in [0.4, 0.5) is 4.39 Å². The molecule has 0 spiro atoms. The molecule has 0 aliphatic heterocycles. The lowest BCUT2D eigenvalue weighted by molar-refractivity contribution is 0.183. The highest BCUT2D eigenvalue weighted by atomic mass is 19.1. The monoisotopic (exact) mass is 418 g/mol. The molecule has 1 aliphatic rings. The number of rotatable bonds is 3. The van der Waals surface area contributed by atoms with Crippen LogP contribution in [0.15, 0.2) is 47.5 Å². The Bertz CT molecular complexity index is 1320. The Morgan fingerprint density at radius 3 is 2.65 bits per heavy atom. The number of nitrogens with zero attached hydrogens (tertiary/aromatic N) is 4. The van der Waals surface area contributed by atoms with Crippen LogP contribution in [0.3, 0.4) is 0 Å².